The first-order chi connectivity index (χ1) is 9.33. The third-order valence-corrected chi connectivity index (χ3v) is 3.62. The van der Waals surface area contributed by atoms with Gasteiger partial charge in [0.15, 0.2) is 0 Å². The zero-order valence-electron chi connectivity index (χ0n) is 10.1. The van der Waals surface area contributed by atoms with Crippen molar-refractivity contribution in [3.05, 3.63) is 54.9 Å². The van der Waals surface area contributed by atoms with Gasteiger partial charge in [0.05, 0.1) is 17.5 Å². The highest BCUT2D eigenvalue weighted by Gasteiger charge is 2.14. The third-order valence-electron chi connectivity index (χ3n) is 2.38. The van der Waals surface area contributed by atoms with E-state index in [0.29, 0.717) is 10.1 Å². The van der Waals surface area contributed by atoms with Crippen LogP contribution < -0.4 is 4.90 Å². The maximum atomic E-state index is 8.68. The van der Waals surface area contributed by atoms with Gasteiger partial charge in [0.1, 0.15) is 4.32 Å². The first-order valence-electron chi connectivity index (χ1n) is 5.62. The molecule has 1 aromatic carbocycles. The molecule has 3 nitrogen and oxygen atoms in total. The standard InChI is InChI=1S/C14H11N3S2/c15-8-11-19-14(18)17(12-4-2-1-3-5-12)13-6-9-16-10-7-13/h1-7,9-10H,11H2. The van der Waals surface area contributed by atoms with Crippen LogP contribution in [0.25, 0.3) is 0 Å². The number of para-hydroxylation sites is 1. The van der Waals surface area contributed by atoms with Gasteiger partial charge in [-0.05, 0) is 24.3 Å². The van der Waals surface area contributed by atoms with E-state index in [1.54, 1.807) is 12.4 Å². The minimum atomic E-state index is 0.341. The first kappa shape index (κ1) is 13.5. The Morgan fingerprint density at radius 2 is 1.79 bits per heavy atom. The number of aromatic nitrogens is 1. The minimum Gasteiger partial charge on any atom is -0.296 e. The van der Waals surface area contributed by atoms with Gasteiger partial charge in [-0.15, -0.1) is 0 Å². The van der Waals surface area contributed by atoms with Gasteiger partial charge in [-0.25, -0.2) is 0 Å². The Labute approximate surface area is 121 Å². The van der Waals surface area contributed by atoms with E-state index in [1.807, 2.05) is 47.4 Å². The molecule has 0 amide bonds. The Morgan fingerprint density at radius 3 is 2.42 bits per heavy atom. The van der Waals surface area contributed by atoms with Crippen LogP contribution in [0.2, 0.25) is 0 Å². The number of nitrogens with zero attached hydrogens (tertiary/aromatic N) is 3. The summed E-state index contributed by atoms with van der Waals surface area (Å²) in [4.78, 5) is 5.96. The first-order valence-corrected chi connectivity index (χ1v) is 7.01. The predicted molar refractivity (Wildman–Crippen MR) is 83.5 cm³/mol. The van der Waals surface area contributed by atoms with E-state index in [9.17, 15) is 0 Å². The highest BCUT2D eigenvalue weighted by atomic mass is 32.2. The fourth-order valence-electron chi connectivity index (χ4n) is 1.59. The van der Waals surface area contributed by atoms with Gasteiger partial charge in [0.2, 0.25) is 0 Å². The number of rotatable bonds is 3. The highest BCUT2D eigenvalue weighted by molar-refractivity contribution is 8.23. The van der Waals surface area contributed by atoms with Crippen LogP contribution in [0.5, 0.6) is 0 Å². The van der Waals surface area contributed by atoms with Gasteiger partial charge in [0, 0.05) is 18.1 Å². The second kappa shape index (κ2) is 6.88. The molecule has 0 aliphatic carbocycles. The molecule has 2 aromatic rings. The largest absolute Gasteiger partial charge is 0.296 e. The van der Waals surface area contributed by atoms with Crippen LogP contribution in [0.15, 0.2) is 54.9 Å². The van der Waals surface area contributed by atoms with Gasteiger partial charge >= 0.3 is 0 Å². The summed E-state index contributed by atoms with van der Waals surface area (Å²) < 4.78 is 0.652. The van der Waals surface area contributed by atoms with Gasteiger partial charge < -0.3 is 0 Å². The Kier molecular flexibility index (Phi) is 4.90. The van der Waals surface area contributed by atoms with Crippen molar-refractivity contribution in [3.8, 4) is 6.07 Å². The number of pyridine rings is 1. The van der Waals surface area contributed by atoms with Crippen molar-refractivity contribution in [2.75, 3.05) is 10.7 Å². The normalized spacial score (nSPS) is 9.63. The number of benzene rings is 1. The lowest BCUT2D eigenvalue weighted by Gasteiger charge is -2.24. The molecule has 0 aliphatic heterocycles. The molecule has 0 radical (unpaired) electrons. The molecule has 5 heteroatoms. The van der Waals surface area contributed by atoms with Crippen molar-refractivity contribution in [2.45, 2.75) is 0 Å². The summed E-state index contributed by atoms with van der Waals surface area (Å²) in [6.07, 6.45) is 3.45. The summed E-state index contributed by atoms with van der Waals surface area (Å²) in [5, 5.41) is 8.68. The summed E-state index contributed by atoms with van der Waals surface area (Å²) in [5.74, 6) is 0.341. The van der Waals surface area contributed by atoms with Crippen LogP contribution in [0.4, 0.5) is 11.4 Å². The van der Waals surface area contributed by atoms with Crippen LogP contribution in [0.3, 0.4) is 0 Å². The average Bonchev–Trinajstić information content (AvgIpc) is 2.47. The number of thioether (sulfide) groups is 1. The molecule has 0 fully saturated rings. The van der Waals surface area contributed by atoms with Crippen molar-refractivity contribution < 1.29 is 0 Å². The van der Waals surface area contributed by atoms with Gasteiger partial charge in [0.25, 0.3) is 0 Å². The highest BCUT2D eigenvalue weighted by Crippen LogP contribution is 2.28. The predicted octanol–water partition coefficient (Wildman–Crippen LogP) is 3.76. The van der Waals surface area contributed by atoms with E-state index in [2.05, 4.69) is 11.1 Å². The smallest absolute Gasteiger partial charge is 0.146 e. The molecule has 94 valence electrons. The van der Waals surface area contributed by atoms with E-state index in [-0.39, 0.29) is 0 Å². The molecule has 1 heterocycles. The van der Waals surface area contributed by atoms with Crippen molar-refractivity contribution in [3.63, 3.8) is 0 Å². The molecule has 0 spiro atoms. The van der Waals surface area contributed by atoms with Crippen LogP contribution in [-0.2, 0) is 0 Å². The summed E-state index contributed by atoms with van der Waals surface area (Å²) in [7, 11) is 0. The molecular weight excluding hydrogens is 274 g/mol. The molecule has 1 aromatic heterocycles. The van der Waals surface area contributed by atoms with E-state index >= 15 is 0 Å². The van der Waals surface area contributed by atoms with E-state index in [1.165, 1.54) is 11.8 Å². The monoisotopic (exact) mass is 285 g/mol. The molecule has 0 atom stereocenters. The fourth-order valence-corrected chi connectivity index (χ4v) is 2.50. The Balaban J connectivity index is 2.35. The Hall–Kier alpha value is -1.90. The molecule has 0 bridgehead atoms. The summed E-state index contributed by atoms with van der Waals surface area (Å²) in [6.45, 7) is 0. The molecule has 0 aliphatic rings. The second-order valence-corrected chi connectivity index (χ2v) is 5.20. The maximum absolute atomic E-state index is 8.68. The zero-order valence-corrected chi connectivity index (χ0v) is 11.7. The van der Waals surface area contributed by atoms with E-state index < -0.39 is 0 Å². The van der Waals surface area contributed by atoms with Gasteiger partial charge in [-0.2, -0.15) is 5.26 Å². The topological polar surface area (TPSA) is 39.9 Å². The van der Waals surface area contributed by atoms with Gasteiger partial charge in [-0.3, -0.25) is 9.88 Å². The maximum Gasteiger partial charge on any atom is 0.146 e. The fraction of sp³-hybridized carbons (Fsp3) is 0.0714. The van der Waals surface area contributed by atoms with Gasteiger partial charge in [-0.1, -0.05) is 42.2 Å². The van der Waals surface area contributed by atoms with Crippen LogP contribution in [0, 0.1) is 11.3 Å². The quantitative estimate of drug-likeness (QED) is 0.803. The lowest BCUT2D eigenvalue weighted by atomic mass is 10.2. The Bertz CT molecular complexity index is 539. The van der Waals surface area contributed by atoms with Crippen LogP contribution in [0.1, 0.15) is 0 Å². The molecule has 0 unspecified atom stereocenters. The third kappa shape index (κ3) is 3.53. The summed E-state index contributed by atoms with van der Waals surface area (Å²) in [6, 6.07) is 15.7. The molecule has 2 rings (SSSR count). The lowest BCUT2D eigenvalue weighted by molar-refractivity contribution is 1.29. The van der Waals surface area contributed by atoms with Crippen molar-refractivity contribution in [1.82, 2.24) is 4.98 Å². The summed E-state index contributed by atoms with van der Waals surface area (Å²) >= 11 is 6.77. The number of hydrogen-bond acceptors (Lipinski definition) is 4. The molecule has 19 heavy (non-hydrogen) atoms. The Morgan fingerprint density at radius 1 is 1.16 bits per heavy atom. The van der Waals surface area contributed by atoms with Crippen molar-refractivity contribution in [1.29, 1.82) is 5.26 Å². The zero-order chi connectivity index (χ0) is 13.5. The second-order valence-electron chi connectivity index (χ2n) is 3.59. The minimum absolute atomic E-state index is 0.341. The number of thiocarbonyl (C=S) groups is 1. The molecular formula is C14H11N3S2. The molecule has 0 saturated heterocycles. The summed E-state index contributed by atoms with van der Waals surface area (Å²) in [5.41, 5.74) is 1.92. The number of nitriles is 1. The van der Waals surface area contributed by atoms with Crippen molar-refractivity contribution >= 4 is 39.7 Å². The lowest BCUT2D eigenvalue weighted by Crippen LogP contribution is -2.21. The molecule has 0 N–H and O–H groups in total. The van der Waals surface area contributed by atoms with Crippen LogP contribution in [-0.4, -0.2) is 15.1 Å². The van der Waals surface area contributed by atoms with Crippen LogP contribution >= 0.6 is 24.0 Å². The van der Waals surface area contributed by atoms with Crippen molar-refractivity contribution in [2.24, 2.45) is 0 Å². The SMILES string of the molecule is N#CCSC(=S)N(c1ccccc1)c1ccncc1. The number of hydrogen-bond donors (Lipinski definition) is 0. The molecule has 0 saturated carbocycles. The van der Waals surface area contributed by atoms with E-state index in [0.717, 1.165) is 11.4 Å². The van der Waals surface area contributed by atoms with E-state index in [4.69, 9.17) is 17.5 Å². The average molecular weight is 285 g/mol. The number of anilines is 2.